The molecule has 0 radical (unpaired) electrons. The maximum Gasteiger partial charge on any atom is 0.169 e. The minimum absolute atomic E-state index is 0.730. The minimum Gasteiger partial charge on any atom is -0.453 e. The second kappa shape index (κ2) is 3.84. The lowest BCUT2D eigenvalue weighted by Gasteiger charge is -1.99. The van der Waals surface area contributed by atoms with E-state index >= 15 is 0 Å². The van der Waals surface area contributed by atoms with Crippen molar-refractivity contribution in [1.82, 2.24) is 5.32 Å². The molecule has 1 fully saturated rings. The molecule has 1 aliphatic rings. The minimum atomic E-state index is 0.730. The lowest BCUT2D eigenvalue weighted by Crippen LogP contribution is -2.16. The van der Waals surface area contributed by atoms with E-state index in [1.807, 2.05) is 12.1 Å². The molecule has 0 aromatic carbocycles. The van der Waals surface area contributed by atoms with Crippen LogP contribution in [0, 0.1) is 5.92 Å². The van der Waals surface area contributed by atoms with Crippen molar-refractivity contribution < 1.29 is 4.42 Å². The Balaban J connectivity index is 1.75. The van der Waals surface area contributed by atoms with Crippen LogP contribution in [0.25, 0.3) is 0 Å². The quantitative estimate of drug-likeness (QED) is 0.880. The van der Waals surface area contributed by atoms with Crippen LogP contribution in [0.3, 0.4) is 0 Å². The number of furan rings is 1. The molecule has 0 amide bonds. The molecular formula is C10H14BrNO. The summed E-state index contributed by atoms with van der Waals surface area (Å²) >= 11 is 3.29. The SMILES string of the molecule is CCC1CC1NCc1ccc(Br)o1. The van der Waals surface area contributed by atoms with Gasteiger partial charge in [0.1, 0.15) is 5.76 Å². The summed E-state index contributed by atoms with van der Waals surface area (Å²) in [6, 6.07) is 4.66. The summed E-state index contributed by atoms with van der Waals surface area (Å²) in [6.45, 7) is 3.10. The maximum atomic E-state index is 5.38. The molecule has 1 N–H and O–H groups in total. The summed E-state index contributed by atoms with van der Waals surface area (Å²) in [4.78, 5) is 0. The zero-order valence-corrected chi connectivity index (χ0v) is 9.30. The van der Waals surface area contributed by atoms with Gasteiger partial charge in [-0.05, 0) is 40.4 Å². The summed E-state index contributed by atoms with van der Waals surface area (Å²) in [5, 5.41) is 3.47. The molecule has 2 nitrogen and oxygen atoms in total. The maximum absolute atomic E-state index is 5.38. The topological polar surface area (TPSA) is 25.2 Å². The molecule has 2 atom stereocenters. The Hall–Kier alpha value is -0.280. The molecule has 2 unspecified atom stereocenters. The van der Waals surface area contributed by atoms with Gasteiger partial charge in [-0.2, -0.15) is 0 Å². The van der Waals surface area contributed by atoms with Gasteiger partial charge in [0, 0.05) is 6.04 Å². The first-order valence-electron chi connectivity index (χ1n) is 4.77. The fraction of sp³-hybridized carbons (Fsp3) is 0.600. The van der Waals surface area contributed by atoms with Gasteiger partial charge in [0.15, 0.2) is 4.67 Å². The highest BCUT2D eigenvalue weighted by molar-refractivity contribution is 9.10. The van der Waals surface area contributed by atoms with Crippen molar-refractivity contribution in [1.29, 1.82) is 0 Å². The van der Waals surface area contributed by atoms with Gasteiger partial charge in [0.25, 0.3) is 0 Å². The van der Waals surface area contributed by atoms with E-state index in [1.165, 1.54) is 12.8 Å². The van der Waals surface area contributed by atoms with Gasteiger partial charge in [-0.3, -0.25) is 0 Å². The third-order valence-corrected chi connectivity index (χ3v) is 3.04. The first kappa shape index (κ1) is 9.28. The van der Waals surface area contributed by atoms with Crippen LogP contribution in [0.4, 0.5) is 0 Å². The molecule has 0 saturated heterocycles. The van der Waals surface area contributed by atoms with Crippen LogP contribution >= 0.6 is 15.9 Å². The Bertz CT molecular complexity index is 284. The Morgan fingerprint density at radius 1 is 1.62 bits per heavy atom. The van der Waals surface area contributed by atoms with E-state index in [4.69, 9.17) is 4.42 Å². The van der Waals surface area contributed by atoms with Crippen molar-refractivity contribution in [2.24, 2.45) is 5.92 Å². The van der Waals surface area contributed by atoms with E-state index in [9.17, 15) is 0 Å². The summed E-state index contributed by atoms with van der Waals surface area (Å²) in [6.07, 6.45) is 2.62. The lowest BCUT2D eigenvalue weighted by atomic mass is 10.3. The van der Waals surface area contributed by atoms with Gasteiger partial charge < -0.3 is 9.73 Å². The van der Waals surface area contributed by atoms with Crippen molar-refractivity contribution in [3.05, 3.63) is 22.6 Å². The van der Waals surface area contributed by atoms with Crippen LogP contribution in [-0.2, 0) is 6.54 Å². The van der Waals surface area contributed by atoms with Crippen LogP contribution in [0.1, 0.15) is 25.5 Å². The molecule has 72 valence electrons. The van der Waals surface area contributed by atoms with E-state index in [2.05, 4.69) is 28.2 Å². The molecule has 3 heteroatoms. The van der Waals surface area contributed by atoms with Crippen LogP contribution < -0.4 is 5.32 Å². The van der Waals surface area contributed by atoms with Crippen LogP contribution in [0.5, 0.6) is 0 Å². The average Bonchev–Trinajstić information content (AvgIpc) is 2.78. The third kappa shape index (κ3) is 2.35. The van der Waals surface area contributed by atoms with Gasteiger partial charge in [0.2, 0.25) is 0 Å². The van der Waals surface area contributed by atoms with E-state index in [-0.39, 0.29) is 0 Å². The Kier molecular flexibility index (Phi) is 2.74. The first-order chi connectivity index (χ1) is 6.29. The normalized spacial score (nSPS) is 26.3. The number of rotatable bonds is 4. The second-order valence-electron chi connectivity index (χ2n) is 3.60. The molecule has 1 aromatic rings. The highest BCUT2D eigenvalue weighted by atomic mass is 79.9. The summed E-state index contributed by atoms with van der Waals surface area (Å²) < 4.78 is 6.20. The molecule has 0 spiro atoms. The van der Waals surface area contributed by atoms with Crippen molar-refractivity contribution >= 4 is 15.9 Å². The van der Waals surface area contributed by atoms with Crippen molar-refractivity contribution in [3.8, 4) is 0 Å². The third-order valence-electron chi connectivity index (χ3n) is 2.61. The number of halogens is 1. The lowest BCUT2D eigenvalue weighted by molar-refractivity contribution is 0.460. The average molecular weight is 244 g/mol. The van der Waals surface area contributed by atoms with Gasteiger partial charge in [-0.1, -0.05) is 13.3 Å². The molecule has 1 aliphatic carbocycles. The Morgan fingerprint density at radius 3 is 3.00 bits per heavy atom. The highest BCUT2D eigenvalue weighted by Crippen LogP contribution is 2.33. The molecular weight excluding hydrogens is 230 g/mol. The number of nitrogens with one attached hydrogen (secondary N) is 1. The van der Waals surface area contributed by atoms with Crippen molar-refractivity contribution in [2.75, 3.05) is 0 Å². The second-order valence-corrected chi connectivity index (χ2v) is 4.38. The molecule has 1 saturated carbocycles. The fourth-order valence-corrected chi connectivity index (χ4v) is 1.97. The Labute approximate surface area is 86.8 Å². The number of hydrogen-bond acceptors (Lipinski definition) is 2. The zero-order chi connectivity index (χ0) is 9.26. The first-order valence-corrected chi connectivity index (χ1v) is 5.56. The molecule has 0 bridgehead atoms. The van der Waals surface area contributed by atoms with E-state index < -0.39 is 0 Å². The van der Waals surface area contributed by atoms with E-state index in [1.54, 1.807) is 0 Å². The standard InChI is InChI=1S/C10H14BrNO/c1-2-7-5-9(7)12-6-8-3-4-10(11)13-8/h3-4,7,9,12H,2,5-6H2,1H3. The van der Waals surface area contributed by atoms with Crippen LogP contribution in [0.2, 0.25) is 0 Å². The largest absolute Gasteiger partial charge is 0.453 e. The van der Waals surface area contributed by atoms with E-state index in [0.29, 0.717) is 0 Å². The van der Waals surface area contributed by atoms with Gasteiger partial charge >= 0.3 is 0 Å². The van der Waals surface area contributed by atoms with Crippen molar-refractivity contribution in [2.45, 2.75) is 32.4 Å². The van der Waals surface area contributed by atoms with Gasteiger partial charge in [0.05, 0.1) is 6.54 Å². The summed E-state index contributed by atoms with van der Waals surface area (Å²) in [7, 11) is 0. The summed E-state index contributed by atoms with van der Waals surface area (Å²) in [5.41, 5.74) is 0. The molecule has 1 aromatic heterocycles. The predicted octanol–water partition coefficient (Wildman–Crippen LogP) is 2.93. The summed E-state index contributed by atoms with van der Waals surface area (Å²) in [5.74, 6) is 1.91. The van der Waals surface area contributed by atoms with Crippen LogP contribution in [0.15, 0.2) is 21.2 Å². The van der Waals surface area contributed by atoms with Gasteiger partial charge in [-0.25, -0.2) is 0 Å². The molecule has 1 heterocycles. The van der Waals surface area contributed by atoms with Crippen molar-refractivity contribution in [3.63, 3.8) is 0 Å². The molecule has 0 aliphatic heterocycles. The molecule has 2 rings (SSSR count). The zero-order valence-electron chi connectivity index (χ0n) is 7.72. The fourth-order valence-electron chi connectivity index (χ4n) is 1.63. The monoisotopic (exact) mass is 243 g/mol. The van der Waals surface area contributed by atoms with Crippen LogP contribution in [-0.4, -0.2) is 6.04 Å². The molecule has 13 heavy (non-hydrogen) atoms. The smallest absolute Gasteiger partial charge is 0.169 e. The van der Waals surface area contributed by atoms with E-state index in [0.717, 1.165) is 28.9 Å². The number of hydrogen-bond donors (Lipinski definition) is 1. The predicted molar refractivity (Wildman–Crippen MR) is 55.4 cm³/mol. The highest BCUT2D eigenvalue weighted by Gasteiger charge is 2.34. The Morgan fingerprint density at radius 2 is 2.46 bits per heavy atom. The van der Waals surface area contributed by atoms with Gasteiger partial charge in [-0.15, -0.1) is 0 Å².